The van der Waals surface area contributed by atoms with E-state index in [-0.39, 0.29) is 6.17 Å². The molecule has 4 nitrogen and oxygen atoms in total. The number of hydrazone groups is 1. The first kappa shape index (κ1) is 9.59. The molecule has 2 aliphatic heterocycles. The average molecular weight is 277 g/mol. The van der Waals surface area contributed by atoms with Crippen molar-refractivity contribution in [3.8, 4) is 0 Å². The fourth-order valence-corrected chi connectivity index (χ4v) is 2.11. The molecule has 3 rings (SSSR count). The van der Waals surface area contributed by atoms with Crippen LogP contribution in [-0.2, 0) is 0 Å². The second kappa shape index (κ2) is 3.75. The minimum atomic E-state index is -0.0562. The molecule has 1 N–H and O–H groups in total. The van der Waals surface area contributed by atoms with Crippen molar-refractivity contribution in [3.63, 3.8) is 0 Å². The number of benzene rings is 1. The number of hydrogen-bond donors (Lipinski definition) is 1. The van der Waals surface area contributed by atoms with Crippen LogP contribution in [0.25, 0.3) is 0 Å². The fraction of sp³-hybridized carbons (Fsp3) is 0.0909. The maximum Gasteiger partial charge on any atom is 0.185 e. The lowest BCUT2D eigenvalue weighted by atomic mass is 10.2. The third-order valence-corrected chi connectivity index (χ3v) is 2.96. The summed E-state index contributed by atoms with van der Waals surface area (Å²) in [5.41, 5.74) is 4.94. The summed E-state index contributed by atoms with van der Waals surface area (Å²) in [5, 5.41) is 6.15. The van der Waals surface area contributed by atoms with Gasteiger partial charge >= 0.3 is 0 Å². The molecular formula is C11H9BrN4. The lowest BCUT2D eigenvalue weighted by Crippen LogP contribution is -2.39. The molecule has 0 bridgehead atoms. The zero-order valence-corrected chi connectivity index (χ0v) is 9.92. The minimum absolute atomic E-state index is 0.0562. The Morgan fingerprint density at radius 1 is 1.38 bits per heavy atom. The molecule has 5 heteroatoms. The summed E-state index contributed by atoms with van der Waals surface area (Å²) < 4.78 is 1.04. The molecule has 80 valence electrons. The molecule has 0 radical (unpaired) electrons. The molecule has 0 aromatic heterocycles. The third kappa shape index (κ3) is 1.53. The van der Waals surface area contributed by atoms with Gasteiger partial charge in [0.15, 0.2) is 6.17 Å². The summed E-state index contributed by atoms with van der Waals surface area (Å²) in [6, 6.07) is 8.02. The van der Waals surface area contributed by atoms with Crippen LogP contribution in [0, 0.1) is 0 Å². The van der Waals surface area contributed by atoms with E-state index in [1.807, 2.05) is 41.4 Å². The van der Waals surface area contributed by atoms with Crippen molar-refractivity contribution >= 4 is 33.5 Å². The van der Waals surface area contributed by atoms with E-state index in [1.54, 1.807) is 6.21 Å². The number of nitrogens with zero attached hydrogens (tertiary/aromatic N) is 3. The first-order valence-electron chi connectivity index (χ1n) is 4.92. The Morgan fingerprint density at radius 3 is 3.19 bits per heavy atom. The van der Waals surface area contributed by atoms with Gasteiger partial charge in [0.2, 0.25) is 0 Å². The SMILES string of the molecule is Brc1cccc(N2NN=C3C=CC=NC32)c1. The molecule has 1 aromatic carbocycles. The highest BCUT2D eigenvalue weighted by molar-refractivity contribution is 9.10. The highest BCUT2D eigenvalue weighted by Gasteiger charge is 2.28. The molecule has 2 aliphatic rings. The van der Waals surface area contributed by atoms with E-state index in [0.29, 0.717) is 0 Å². The van der Waals surface area contributed by atoms with Gasteiger partial charge in [-0.15, -0.1) is 0 Å². The quantitative estimate of drug-likeness (QED) is 0.853. The number of hydrazine groups is 1. The molecule has 0 spiro atoms. The number of halogens is 1. The minimum Gasteiger partial charge on any atom is -0.260 e. The van der Waals surface area contributed by atoms with Crippen LogP contribution in [-0.4, -0.2) is 18.1 Å². The summed E-state index contributed by atoms with van der Waals surface area (Å²) in [4.78, 5) is 4.38. The van der Waals surface area contributed by atoms with Gasteiger partial charge in [-0.2, -0.15) is 5.10 Å². The van der Waals surface area contributed by atoms with E-state index in [0.717, 1.165) is 15.9 Å². The van der Waals surface area contributed by atoms with Crippen LogP contribution in [0.4, 0.5) is 5.69 Å². The van der Waals surface area contributed by atoms with Gasteiger partial charge in [0, 0.05) is 10.7 Å². The molecule has 1 unspecified atom stereocenters. The normalized spacial score (nSPS) is 21.7. The Balaban J connectivity index is 1.93. The molecule has 1 aromatic rings. The van der Waals surface area contributed by atoms with Crippen molar-refractivity contribution in [2.75, 3.05) is 5.01 Å². The predicted molar refractivity (Wildman–Crippen MR) is 68.6 cm³/mol. The van der Waals surface area contributed by atoms with Crippen LogP contribution >= 0.6 is 15.9 Å². The van der Waals surface area contributed by atoms with Gasteiger partial charge in [0.25, 0.3) is 0 Å². The number of rotatable bonds is 1. The summed E-state index contributed by atoms with van der Waals surface area (Å²) in [7, 11) is 0. The van der Waals surface area contributed by atoms with Gasteiger partial charge in [-0.25, -0.2) is 10.5 Å². The Labute approximate surface area is 101 Å². The number of allylic oxidation sites excluding steroid dienone is 1. The predicted octanol–water partition coefficient (Wildman–Crippen LogP) is 2.10. The van der Waals surface area contributed by atoms with Crippen LogP contribution < -0.4 is 10.5 Å². The van der Waals surface area contributed by atoms with Gasteiger partial charge in [-0.1, -0.05) is 22.0 Å². The van der Waals surface area contributed by atoms with Crippen molar-refractivity contribution in [1.82, 2.24) is 5.53 Å². The second-order valence-electron chi connectivity index (χ2n) is 3.52. The number of nitrogens with one attached hydrogen (secondary N) is 1. The lowest BCUT2D eigenvalue weighted by Gasteiger charge is -2.23. The summed E-state index contributed by atoms with van der Waals surface area (Å²) in [6.07, 6.45) is 5.59. The van der Waals surface area contributed by atoms with Crippen molar-refractivity contribution in [2.24, 2.45) is 10.1 Å². The zero-order chi connectivity index (χ0) is 11.0. The zero-order valence-electron chi connectivity index (χ0n) is 8.34. The van der Waals surface area contributed by atoms with E-state index >= 15 is 0 Å². The first-order valence-corrected chi connectivity index (χ1v) is 5.72. The molecule has 0 saturated carbocycles. The second-order valence-corrected chi connectivity index (χ2v) is 4.43. The largest absolute Gasteiger partial charge is 0.260 e. The van der Waals surface area contributed by atoms with Crippen LogP contribution in [0.2, 0.25) is 0 Å². The van der Waals surface area contributed by atoms with Gasteiger partial charge in [-0.3, -0.25) is 4.99 Å². The van der Waals surface area contributed by atoms with Gasteiger partial charge < -0.3 is 0 Å². The van der Waals surface area contributed by atoms with Crippen molar-refractivity contribution in [1.29, 1.82) is 0 Å². The van der Waals surface area contributed by atoms with Crippen molar-refractivity contribution in [2.45, 2.75) is 6.17 Å². The number of hydrogen-bond acceptors (Lipinski definition) is 4. The van der Waals surface area contributed by atoms with Gasteiger partial charge in [0.1, 0.15) is 5.71 Å². The number of aliphatic imine (C=N–C) groups is 1. The Kier molecular flexibility index (Phi) is 2.25. The molecule has 0 saturated heterocycles. The third-order valence-electron chi connectivity index (χ3n) is 2.46. The Morgan fingerprint density at radius 2 is 2.31 bits per heavy atom. The first-order chi connectivity index (χ1) is 7.84. The van der Waals surface area contributed by atoms with E-state index in [2.05, 4.69) is 31.6 Å². The van der Waals surface area contributed by atoms with E-state index in [9.17, 15) is 0 Å². The average Bonchev–Trinajstić information content (AvgIpc) is 2.72. The van der Waals surface area contributed by atoms with E-state index in [1.165, 1.54) is 0 Å². The highest BCUT2D eigenvalue weighted by Crippen LogP contribution is 2.24. The number of dihydropyridines is 1. The maximum absolute atomic E-state index is 4.38. The molecule has 0 amide bonds. The van der Waals surface area contributed by atoms with Crippen LogP contribution in [0.3, 0.4) is 0 Å². The van der Waals surface area contributed by atoms with E-state index < -0.39 is 0 Å². The van der Waals surface area contributed by atoms with Crippen LogP contribution in [0.5, 0.6) is 0 Å². The van der Waals surface area contributed by atoms with E-state index in [4.69, 9.17) is 0 Å². The van der Waals surface area contributed by atoms with Crippen molar-refractivity contribution < 1.29 is 0 Å². The molecule has 0 fully saturated rings. The summed E-state index contributed by atoms with van der Waals surface area (Å²) in [5.74, 6) is 0. The highest BCUT2D eigenvalue weighted by atomic mass is 79.9. The summed E-state index contributed by atoms with van der Waals surface area (Å²) in [6.45, 7) is 0. The monoisotopic (exact) mass is 276 g/mol. The molecule has 0 aliphatic carbocycles. The lowest BCUT2D eigenvalue weighted by molar-refractivity contribution is 0.674. The topological polar surface area (TPSA) is 40.0 Å². The molecule has 16 heavy (non-hydrogen) atoms. The smallest absolute Gasteiger partial charge is 0.185 e. The standard InChI is InChI=1S/C11H9BrN4/c12-8-3-1-4-9(7-8)16-11-10(14-15-16)5-2-6-13-11/h1-7,11,15H. The molecule has 1 atom stereocenters. The Bertz CT molecular complexity index is 506. The maximum atomic E-state index is 4.38. The number of fused-ring (bicyclic) bond motifs is 1. The summed E-state index contributed by atoms with van der Waals surface area (Å²) >= 11 is 3.45. The van der Waals surface area contributed by atoms with Crippen molar-refractivity contribution in [3.05, 3.63) is 40.9 Å². The van der Waals surface area contributed by atoms with Gasteiger partial charge in [-0.05, 0) is 30.4 Å². The Hall–Kier alpha value is -1.62. The molecular weight excluding hydrogens is 268 g/mol. The van der Waals surface area contributed by atoms with Crippen LogP contribution in [0.15, 0.2) is 51.0 Å². The number of anilines is 1. The molecule has 2 heterocycles. The van der Waals surface area contributed by atoms with Gasteiger partial charge in [0.05, 0.1) is 5.69 Å². The fourth-order valence-electron chi connectivity index (χ4n) is 1.72. The van der Waals surface area contributed by atoms with Crippen LogP contribution in [0.1, 0.15) is 0 Å².